The number of amides is 2. The number of thiophene rings is 1. The molecule has 0 spiro atoms. The molecule has 2 heterocycles. The van der Waals surface area contributed by atoms with E-state index in [-0.39, 0.29) is 17.0 Å². The number of anilines is 1. The van der Waals surface area contributed by atoms with Crippen molar-refractivity contribution in [3.8, 4) is 0 Å². The molecule has 164 valence electrons. The summed E-state index contributed by atoms with van der Waals surface area (Å²) in [5.41, 5.74) is 0.138. The smallest absolute Gasteiger partial charge is 0.251 e. The van der Waals surface area contributed by atoms with Crippen LogP contribution in [0.15, 0.2) is 51.0 Å². The number of carbonyl (C=O) groups excluding carboxylic acids is 2. The van der Waals surface area contributed by atoms with Crippen LogP contribution in [-0.2, 0) is 20.6 Å². The molecule has 3 aromatic rings. The van der Waals surface area contributed by atoms with Crippen LogP contribution in [-0.4, -0.2) is 55.4 Å². The normalized spacial score (nSPS) is 11.5. The number of sulfonamides is 1. The zero-order chi connectivity index (χ0) is 22.4. The van der Waals surface area contributed by atoms with Crippen molar-refractivity contribution >= 4 is 61.4 Å². The minimum atomic E-state index is -3.66. The molecule has 0 unspecified atom stereocenters. The molecule has 0 aliphatic rings. The van der Waals surface area contributed by atoms with Gasteiger partial charge in [-0.1, -0.05) is 35.2 Å². The van der Waals surface area contributed by atoms with Crippen molar-refractivity contribution in [3.63, 3.8) is 0 Å². The van der Waals surface area contributed by atoms with Gasteiger partial charge in [0.25, 0.3) is 5.91 Å². The lowest BCUT2D eigenvalue weighted by Gasteiger charge is -2.12. The van der Waals surface area contributed by atoms with Crippen molar-refractivity contribution in [3.05, 3.63) is 52.2 Å². The van der Waals surface area contributed by atoms with Gasteiger partial charge in [-0.2, -0.15) is 0 Å². The molecule has 0 saturated heterocycles. The Morgan fingerprint density at radius 3 is 2.68 bits per heavy atom. The van der Waals surface area contributed by atoms with Crippen LogP contribution < -0.4 is 10.6 Å². The maximum Gasteiger partial charge on any atom is 0.251 e. The van der Waals surface area contributed by atoms with E-state index in [1.165, 1.54) is 66.3 Å². The van der Waals surface area contributed by atoms with Crippen molar-refractivity contribution in [2.24, 2.45) is 0 Å². The second kappa shape index (κ2) is 10.3. The summed E-state index contributed by atoms with van der Waals surface area (Å²) < 4.78 is 26.2. The van der Waals surface area contributed by atoms with E-state index < -0.39 is 21.8 Å². The molecule has 9 nitrogen and oxygen atoms in total. The molecule has 1 aromatic carbocycles. The molecular formula is C18H19N5O4S4. The summed E-state index contributed by atoms with van der Waals surface area (Å²) in [6, 6.07) is 9.65. The Hall–Kier alpha value is -2.32. The van der Waals surface area contributed by atoms with E-state index in [1.54, 1.807) is 11.3 Å². The van der Waals surface area contributed by atoms with Gasteiger partial charge in [0.15, 0.2) is 4.34 Å². The summed E-state index contributed by atoms with van der Waals surface area (Å²) >= 11 is 4.44. The van der Waals surface area contributed by atoms with Crippen molar-refractivity contribution in [1.29, 1.82) is 0 Å². The number of aromatic nitrogens is 2. The van der Waals surface area contributed by atoms with Gasteiger partial charge in [0, 0.05) is 30.3 Å². The number of hydrogen-bond acceptors (Lipinski definition) is 9. The van der Waals surface area contributed by atoms with E-state index in [0.717, 1.165) is 14.4 Å². The van der Waals surface area contributed by atoms with E-state index in [9.17, 15) is 18.0 Å². The van der Waals surface area contributed by atoms with Crippen molar-refractivity contribution in [2.75, 3.05) is 26.0 Å². The number of thioether (sulfide) groups is 1. The van der Waals surface area contributed by atoms with Gasteiger partial charge in [0.1, 0.15) is 0 Å². The first-order chi connectivity index (χ1) is 14.8. The molecule has 13 heteroatoms. The number of rotatable bonds is 9. The number of hydrogen-bond donors (Lipinski definition) is 2. The van der Waals surface area contributed by atoms with Gasteiger partial charge in [-0.05, 0) is 29.6 Å². The van der Waals surface area contributed by atoms with Crippen LogP contribution in [0.3, 0.4) is 0 Å². The Bertz CT molecular complexity index is 1160. The van der Waals surface area contributed by atoms with Gasteiger partial charge in [-0.15, -0.1) is 21.5 Å². The molecule has 0 bridgehead atoms. The number of benzene rings is 1. The quantitative estimate of drug-likeness (QED) is 0.344. The van der Waals surface area contributed by atoms with Crippen LogP contribution in [0.2, 0.25) is 0 Å². The van der Waals surface area contributed by atoms with Gasteiger partial charge in [0.2, 0.25) is 21.1 Å². The molecular weight excluding hydrogens is 478 g/mol. The molecule has 2 amide bonds. The minimum absolute atomic E-state index is 0.00367. The van der Waals surface area contributed by atoms with Gasteiger partial charge >= 0.3 is 0 Å². The lowest BCUT2D eigenvalue weighted by atomic mass is 10.2. The van der Waals surface area contributed by atoms with Gasteiger partial charge < -0.3 is 5.32 Å². The minimum Gasteiger partial charge on any atom is -0.343 e. The molecule has 31 heavy (non-hydrogen) atoms. The average molecular weight is 498 g/mol. The SMILES string of the molecule is CN(C)S(=O)(=O)c1cccc(C(=O)NCC(=O)Nc2nnc(SCc3cccs3)s2)c1. The number of nitrogens with one attached hydrogen (secondary N) is 2. The molecule has 0 aliphatic carbocycles. The van der Waals surface area contributed by atoms with Crippen LogP contribution in [0.1, 0.15) is 15.2 Å². The van der Waals surface area contributed by atoms with Crippen molar-refractivity contribution in [2.45, 2.75) is 15.0 Å². The lowest BCUT2D eigenvalue weighted by Crippen LogP contribution is -2.33. The van der Waals surface area contributed by atoms with E-state index in [1.807, 2.05) is 17.5 Å². The number of nitrogens with zero attached hydrogens (tertiary/aromatic N) is 3. The maximum absolute atomic E-state index is 12.3. The average Bonchev–Trinajstić information content (AvgIpc) is 3.42. The Kier molecular flexibility index (Phi) is 7.78. The predicted octanol–water partition coefficient (Wildman–Crippen LogP) is 2.51. The fourth-order valence-electron chi connectivity index (χ4n) is 2.28. The molecule has 0 radical (unpaired) electrons. The zero-order valence-corrected chi connectivity index (χ0v) is 19.8. The predicted molar refractivity (Wildman–Crippen MR) is 122 cm³/mol. The molecule has 3 rings (SSSR count). The molecule has 0 atom stereocenters. The third-order valence-electron chi connectivity index (χ3n) is 3.86. The highest BCUT2D eigenvalue weighted by atomic mass is 32.2. The number of carbonyl (C=O) groups is 2. The first-order valence-corrected chi connectivity index (χ1v) is 13.0. The van der Waals surface area contributed by atoms with Gasteiger partial charge in [-0.3, -0.25) is 14.9 Å². The summed E-state index contributed by atoms with van der Waals surface area (Å²) in [4.78, 5) is 25.7. The standard InChI is InChI=1S/C18H19N5O4S4/c1-23(2)31(26,27)14-7-3-5-12(9-14)16(25)19-10-15(24)20-17-21-22-18(30-17)29-11-13-6-4-8-28-13/h3-9H,10-11H2,1-2H3,(H,19,25)(H,20,21,24). The monoisotopic (exact) mass is 497 g/mol. The second-order valence-electron chi connectivity index (χ2n) is 6.29. The maximum atomic E-state index is 12.3. The fraction of sp³-hybridized carbons (Fsp3) is 0.222. The second-order valence-corrected chi connectivity index (χ2v) is 11.7. The molecule has 0 aliphatic heterocycles. The Labute approximate surface area is 191 Å². The van der Waals surface area contributed by atoms with Crippen LogP contribution in [0.5, 0.6) is 0 Å². The summed E-state index contributed by atoms with van der Waals surface area (Å²) in [7, 11) is -0.846. The van der Waals surface area contributed by atoms with Crippen LogP contribution in [0, 0.1) is 0 Å². The highest BCUT2D eigenvalue weighted by Gasteiger charge is 2.19. The summed E-state index contributed by atoms with van der Waals surface area (Å²) in [5.74, 6) is -0.245. The van der Waals surface area contributed by atoms with E-state index in [4.69, 9.17) is 0 Å². The fourth-order valence-corrected chi connectivity index (χ4v) is 5.77. The molecule has 0 fully saturated rings. The van der Waals surface area contributed by atoms with Gasteiger partial charge in [0.05, 0.1) is 11.4 Å². The first-order valence-electron chi connectivity index (χ1n) is 8.85. The van der Waals surface area contributed by atoms with Crippen LogP contribution >= 0.6 is 34.4 Å². The lowest BCUT2D eigenvalue weighted by molar-refractivity contribution is -0.115. The van der Waals surface area contributed by atoms with Crippen molar-refractivity contribution in [1.82, 2.24) is 19.8 Å². The topological polar surface area (TPSA) is 121 Å². The molecule has 0 saturated carbocycles. The summed E-state index contributed by atoms with van der Waals surface area (Å²) in [6.45, 7) is -0.291. The molecule has 2 N–H and O–H groups in total. The summed E-state index contributed by atoms with van der Waals surface area (Å²) in [6.07, 6.45) is 0. The zero-order valence-electron chi connectivity index (χ0n) is 16.6. The Morgan fingerprint density at radius 1 is 1.16 bits per heavy atom. The van der Waals surface area contributed by atoms with Crippen molar-refractivity contribution < 1.29 is 18.0 Å². The Morgan fingerprint density at radius 2 is 1.97 bits per heavy atom. The van der Waals surface area contributed by atoms with Crippen LogP contribution in [0.25, 0.3) is 0 Å². The van der Waals surface area contributed by atoms with Crippen LogP contribution in [0.4, 0.5) is 5.13 Å². The highest BCUT2D eigenvalue weighted by Crippen LogP contribution is 2.29. The van der Waals surface area contributed by atoms with E-state index >= 15 is 0 Å². The third-order valence-corrected chi connectivity index (χ3v) is 8.75. The highest BCUT2D eigenvalue weighted by molar-refractivity contribution is 8.00. The van der Waals surface area contributed by atoms with Gasteiger partial charge in [-0.25, -0.2) is 12.7 Å². The first kappa shape index (κ1) is 23.3. The van der Waals surface area contributed by atoms with E-state index in [2.05, 4.69) is 20.8 Å². The molecule has 2 aromatic heterocycles. The summed E-state index contributed by atoms with van der Waals surface area (Å²) in [5, 5.41) is 15.4. The van der Waals surface area contributed by atoms with E-state index in [0.29, 0.717) is 5.13 Å². The third kappa shape index (κ3) is 6.33. The largest absolute Gasteiger partial charge is 0.343 e. The Balaban J connectivity index is 1.51.